The Balaban J connectivity index is 1.72. The number of benzene rings is 3. The molecule has 0 aromatic heterocycles. The lowest BCUT2D eigenvalue weighted by molar-refractivity contribution is -0.141. The number of halogens is 2. The lowest BCUT2D eigenvalue weighted by atomic mass is 10.0. The van der Waals surface area contributed by atoms with E-state index in [-0.39, 0.29) is 34.4 Å². The second-order valence-electron chi connectivity index (χ2n) is 9.93. The largest absolute Gasteiger partial charge is 0.354 e. The summed E-state index contributed by atoms with van der Waals surface area (Å²) in [5.41, 5.74) is 1.38. The van der Waals surface area contributed by atoms with Gasteiger partial charge in [0.15, 0.2) is 0 Å². The molecule has 8 nitrogen and oxygen atoms in total. The van der Waals surface area contributed by atoms with Crippen LogP contribution in [0.15, 0.2) is 77.7 Å². The summed E-state index contributed by atoms with van der Waals surface area (Å²) in [6.45, 7) is 3.45. The van der Waals surface area contributed by atoms with Crippen LogP contribution in [-0.4, -0.2) is 54.5 Å². The first-order valence-corrected chi connectivity index (χ1v) is 14.9. The summed E-state index contributed by atoms with van der Waals surface area (Å²) in [7, 11) is -4.24. The van der Waals surface area contributed by atoms with E-state index in [0.717, 1.165) is 5.56 Å². The molecule has 11 heteroatoms. The average molecular weight is 603 g/mol. The number of rotatable bonds is 10. The third kappa shape index (κ3) is 6.49. The second kappa shape index (κ2) is 12.4. The van der Waals surface area contributed by atoms with Gasteiger partial charge in [-0.2, -0.15) is 0 Å². The van der Waals surface area contributed by atoms with Crippen LogP contribution < -0.4 is 5.32 Å². The van der Waals surface area contributed by atoms with Crippen molar-refractivity contribution in [1.29, 1.82) is 0 Å². The van der Waals surface area contributed by atoms with Gasteiger partial charge < -0.3 is 10.2 Å². The fraction of sp³-hybridized carbons (Fsp3) is 0.276. The summed E-state index contributed by atoms with van der Waals surface area (Å²) in [5, 5.41) is 3.49. The minimum absolute atomic E-state index is 0.00171. The van der Waals surface area contributed by atoms with Crippen LogP contribution in [0, 0.1) is 5.92 Å². The predicted molar refractivity (Wildman–Crippen MR) is 153 cm³/mol. The first-order chi connectivity index (χ1) is 19.0. The quantitative estimate of drug-likeness (QED) is 0.367. The maximum atomic E-state index is 13.9. The van der Waals surface area contributed by atoms with Crippen LogP contribution in [0.25, 0.3) is 0 Å². The molecule has 210 valence electrons. The van der Waals surface area contributed by atoms with E-state index in [9.17, 15) is 22.8 Å². The van der Waals surface area contributed by atoms with Crippen LogP contribution in [0.2, 0.25) is 10.0 Å². The molecule has 0 spiro atoms. The first kappa shape index (κ1) is 29.6. The monoisotopic (exact) mass is 601 g/mol. The zero-order valence-corrected chi connectivity index (χ0v) is 24.3. The Hall–Kier alpha value is -3.40. The highest BCUT2D eigenvalue weighted by Gasteiger charge is 2.43. The summed E-state index contributed by atoms with van der Waals surface area (Å²) < 4.78 is 26.9. The Labute approximate surface area is 243 Å². The van der Waals surface area contributed by atoms with E-state index in [0.29, 0.717) is 21.4 Å². The van der Waals surface area contributed by atoms with E-state index >= 15 is 0 Å². The minimum atomic E-state index is -4.24. The number of fused-ring (bicyclic) bond motifs is 1. The van der Waals surface area contributed by atoms with Gasteiger partial charge in [-0.15, -0.1) is 0 Å². The van der Waals surface area contributed by atoms with E-state index in [2.05, 4.69) is 5.32 Å². The van der Waals surface area contributed by atoms with Crippen LogP contribution in [0.5, 0.6) is 0 Å². The molecule has 0 saturated heterocycles. The molecule has 3 aromatic carbocycles. The Morgan fingerprint density at radius 2 is 1.60 bits per heavy atom. The highest BCUT2D eigenvalue weighted by molar-refractivity contribution is 7.90. The van der Waals surface area contributed by atoms with E-state index in [1.165, 1.54) is 23.1 Å². The molecule has 3 amide bonds. The van der Waals surface area contributed by atoms with Gasteiger partial charge in [-0.05, 0) is 41.3 Å². The number of amides is 3. The van der Waals surface area contributed by atoms with Crippen molar-refractivity contribution < 1.29 is 22.8 Å². The van der Waals surface area contributed by atoms with Crippen LogP contribution in [0.4, 0.5) is 0 Å². The molecule has 0 aliphatic carbocycles. The van der Waals surface area contributed by atoms with Crippen molar-refractivity contribution in [3.05, 3.63) is 99.5 Å². The summed E-state index contributed by atoms with van der Waals surface area (Å²) in [6, 6.07) is 18.8. The van der Waals surface area contributed by atoms with Crippen molar-refractivity contribution in [2.24, 2.45) is 5.92 Å². The van der Waals surface area contributed by atoms with Crippen molar-refractivity contribution >= 4 is 50.9 Å². The lowest BCUT2D eigenvalue weighted by Gasteiger charge is -2.32. The minimum Gasteiger partial charge on any atom is -0.354 e. The third-order valence-electron chi connectivity index (χ3n) is 6.48. The van der Waals surface area contributed by atoms with Gasteiger partial charge in [0.1, 0.15) is 17.5 Å². The Morgan fingerprint density at radius 1 is 0.925 bits per heavy atom. The van der Waals surface area contributed by atoms with Crippen LogP contribution in [0.1, 0.15) is 35.3 Å². The standard InChI is InChI=1S/C29H29Cl2N3O5S/c1-19(2)16-32-28(36)25(15-20-8-4-3-5-9-20)33(17-21-12-13-23(30)24(31)14-21)27(35)18-34-29(37)22-10-6-7-11-26(22)40(34,38)39/h3-14,19,25H,15-18H2,1-2H3,(H,32,36)/t25-/m1/s1. The van der Waals surface area contributed by atoms with Gasteiger partial charge >= 0.3 is 0 Å². The van der Waals surface area contributed by atoms with Gasteiger partial charge in [0.25, 0.3) is 15.9 Å². The van der Waals surface area contributed by atoms with Crippen molar-refractivity contribution in [3.8, 4) is 0 Å². The predicted octanol–water partition coefficient (Wildman–Crippen LogP) is 4.55. The molecule has 1 N–H and O–H groups in total. The second-order valence-corrected chi connectivity index (χ2v) is 12.6. The number of nitrogens with one attached hydrogen (secondary N) is 1. The highest BCUT2D eigenvalue weighted by atomic mass is 35.5. The van der Waals surface area contributed by atoms with Crippen LogP contribution in [-0.2, 0) is 32.6 Å². The SMILES string of the molecule is CC(C)CNC(=O)[C@@H](Cc1ccccc1)N(Cc1ccc(Cl)c(Cl)c1)C(=O)CN1C(=O)c2ccccc2S1(=O)=O. The van der Waals surface area contributed by atoms with Crippen LogP contribution in [0.3, 0.4) is 0 Å². The van der Waals surface area contributed by atoms with Crippen LogP contribution >= 0.6 is 23.2 Å². The zero-order chi connectivity index (χ0) is 29.0. The molecule has 0 radical (unpaired) electrons. The molecule has 1 aliphatic rings. The number of nitrogens with zero attached hydrogens (tertiary/aromatic N) is 2. The summed E-state index contributed by atoms with van der Waals surface area (Å²) in [4.78, 5) is 41.7. The van der Waals surface area contributed by atoms with E-state index in [1.54, 1.807) is 24.3 Å². The molecule has 0 saturated carbocycles. The molecule has 40 heavy (non-hydrogen) atoms. The molecule has 4 rings (SSSR count). The molecule has 0 bridgehead atoms. The topological polar surface area (TPSA) is 104 Å². The smallest absolute Gasteiger partial charge is 0.269 e. The molecule has 0 unspecified atom stereocenters. The van der Waals surface area contributed by atoms with Gasteiger partial charge in [-0.25, -0.2) is 12.7 Å². The molecule has 1 aliphatic heterocycles. The molecule has 1 heterocycles. The fourth-order valence-corrected chi connectivity index (χ4v) is 6.25. The average Bonchev–Trinajstić information content (AvgIpc) is 3.12. The Bertz CT molecular complexity index is 1530. The third-order valence-corrected chi connectivity index (χ3v) is 9.01. The number of hydrogen-bond acceptors (Lipinski definition) is 5. The summed E-state index contributed by atoms with van der Waals surface area (Å²) in [5.74, 6) is -1.74. The first-order valence-electron chi connectivity index (χ1n) is 12.7. The fourth-order valence-electron chi connectivity index (χ4n) is 4.41. The number of hydrogen-bond donors (Lipinski definition) is 1. The molecule has 3 aromatic rings. The van der Waals surface area contributed by atoms with Crippen molar-refractivity contribution in [1.82, 2.24) is 14.5 Å². The van der Waals surface area contributed by atoms with E-state index in [4.69, 9.17) is 23.2 Å². The normalized spacial score (nSPS) is 14.6. The van der Waals surface area contributed by atoms with E-state index < -0.39 is 40.3 Å². The van der Waals surface area contributed by atoms with Crippen molar-refractivity contribution in [3.63, 3.8) is 0 Å². The molecule has 1 atom stereocenters. The summed E-state index contributed by atoms with van der Waals surface area (Å²) >= 11 is 12.3. The molecule has 0 fully saturated rings. The number of sulfonamides is 1. The van der Waals surface area contributed by atoms with Gasteiger partial charge in [0.05, 0.1) is 15.6 Å². The van der Waals surface area contributed by atoms with Gasteiger partial charge in [-0.1, -0.05) is 85.6 Å². The van der Waals surface area contributed by atoms with E-state index in [1.807, 2.05) is 44.2 Å². The zero-order valence-electron chi connectivity index (χ0n) is 22.0. The van der Waals surface area contributed by atoms with Gasteiger partial charge in [0.2, 0.25) is 11.8 Å². The Kier molecular flexibility index (Phi) is 9.18. The summed E-state index contributed by atoms with van der Waals surface area (Å²) in [6.07, 6.45) is 0.165. The van der Waals surface area contributed by atoms with Crippen molar-refractivity contribution in [2.75, 3.05) is 13.1 Å². The van der Waals surface area contributed by atoms with Crippen molar-refractivity contribution in [2.45, 2.75) is 37.8 Å². The lowest BCUT2D eigenvalue weighted by Crippen LogP contribution is -2.53. The molecular weight excluding hydrogens is 573 g/mol. The number of carbonyl (C=O) groups is 3. The van der Waals surface area contributed by atoms with Gasteiger partial charge in [-0.3, -0.25) is 14.4 Å². The highest BCUT2D eigenvalue weighted by Crippen LogP contribution is 2.30. The van der Waals surface area contributed by atoms with Gasteiger partial charge in [0, 0.05) is 19.5 Å². The maximum absolute atomic E-state index is 13.9. The number of carbonyl (C=O) groups excluding carboxylic acids is 3. The maximum Gasteiger partial charge on any atom is 0.269 e. The molecular formula is C29H29Cl2N3O5S. The Morgan fingerprint density at radius 3 is 2.25 bits per heavy atom.